The lowest BCUT2D eigenvalue weighted by Gasteiger charge is -2.23. The van der Waals surface area contributed by atoms with Crippen molar-refractivity contribution in [2.24, 2.45) is 0 Å². The van der Waals surface area contributed by atoms with Crippen molar-refractivity contribution in [2.75, 3.05) is 11.9 Å². The van der Waals surface area contributed by atoms with Crippen LogP contribution in [0.5, 0.6) is 0 Å². The van der Waals surface area contributed by atoms with E-state index in [1.54, 1.807) is 12.3 Å². The fourth-order valence-corrected chi connectivity index (χ4v) is 4.87. The summed E-state index contributed by atoms with van der Waals surface area (Å²) in [4.78, 5) is 26.1. The number of aromatic nitrogens is 2. The van der Waals surface area contributed by atoms with Crippen molar-refractivity contribution in [2.45, 2.75) is 45.2 Å². The second kappa shape index (κ2) is 10.3. The number of nitrogens with zero attached hydrogens (tertiary/aromatic N) is 1. The highest BCUT2D eigenvalue weighted by Gasteiger charge is 2.22. The highest BCUT2D eigenvalue weighted by atomic mass is 16.2. The van der Waals surface area contributed by atoms with Crippen LogP contribution in [-0.2, 0) is 4.79 Å². The lowest BCUT2D eigenvalue weighted by molar-refractivity contribution is -0.118. The van der Waals surface area contributed by atoms with Crippen LogP contribution >= 0.6 is 0 Å². The number of carbonyl (C=O) groups is 2. The summed E-state index contributed by atoms with van der Waals surface area (Å²) in [7, 11) is 0. The van der Waals surface area contributed by atoms with Gasteiger partial charge in [0.1, 0.15) is 0 Å². The van der Waals surface area contributed by atoms with Crippen molar-refractivity contribution in [3.05, 3.63) is 83.6 Å². The molecule has 0 saturated carbocycles. The number of hydrogen-bond donors (Lipinski definition) is 4. The number of anilines is 1. The number of aryl methyl sites for hydroxylation is 1. The van der Waals surface area contributed by atoms with Gasteiger partial charge in [-0.3, -0.25) is 14.7 Å². The molecule has 2 heterocycles. The van der Waals surface area contributed by atoms with Crippen LogP contribution in [0.1, 0.15) is 53.7 Å². The van der Waals surface area contributed by atoms with Gasteiger partial charge in [-0.1, -0.05) is 36.8 Å². The molecule has 1 aromatic heterocycles. The maximum atomic E-state index is 13.4. The molecule has 1 aliphatic rings. The molecule has 184 valence electrons. The topological polar surface area (TPSA) is 98.9 Å². The van der Waals surface area contributed by atoms with Crippen LogP contribution in [0.4, 0.5) is 5.69 Å². The quantitative estimate of drug-likeness (QED) is 0.308. The van der Waals surface area contributed by atoms with Crippen molar-refractivity contribution in [1.82, 2.24) is 20.8 Å². The first-order valence-corrected chi connectivity index (χ1v) is 12.5. The molecule has 0 spiro atoms. The maximum absolute atomic E-state index is 13.4. The van der Waals surface area contributed by atoms with Crippen molar-refractivity contribution in [1.29, 1.82) is 0 Å². The molecular formula is C29H31N5O2. The fraction of sp³-hybridized carbons (Fsp3) is 0.276. The van der Waals surface area contributed by atoms with Gasteiger partial charge in [0, 0.05) is 23.0 Å². The third-order valence-corrected chi connectivity index (χ3v) is 6.90. The van der Waals surface area contributed by atoms with Gasteiger partial charge >= 0.3 is 0 Å². The molecule has 7 nitrogen and oxygen atoms in total. The predicted molar refractivity (Wildman–Crippen MR) is 143 cm³/mol. The van der Waals surface area contributed by atoms with Crippen LogP contribution < -0.4 is 16.0 Å². The van der Waals surface area contributed by atoms with E-state index in [2.05, 4.69) is 50.4 Å². The number of carbonyl (C=O) groups excluding carboxylic acids is 2. The zero-order valence-electron chi connectivity index (χ0n) is 20.6. The Kier molecular flexibility index (Phi) is 6.82. The second-order valence-electron chi connectivity index (χ2n) is 9.47. The summed E-state index contributed by atoms with van der Waals surface area (Å²) in [6, 6.07) is 19.4. The summed E-state index contributed by atoms with van der Waals surface area (Å²) in [5.74, 6) is -0.233. The standard InChI is InChI=1S/C29H31N5O2/c1-18-10-11-22(33-29(36)27-9-5-6-13-30-27)17-24(18)28(35)32-19(2)25-16-21(26-12-14-31-34-26)15-20-7-3-4-8-23(20)25/h3-4,7-8,10-12,14-17,19,27,30H,5-6,9,13H2,1-2H3,(H,31,34)(H,32,35)(H,33,36)/t19?,27-/m1/s1. The highest BCUT2D eigenvalue weighted by Crippen LogP contribution is 2.31. The Morgan fingerprint density at radius 3 is 2.69 bits per heavy atom. The van der Waals surface area contributed by atoms with Crippen molar-refractivity contribution in [3.63, 3.8) is 0 Å². The van der Waals surface area contributed by atoms with Crippen LogP contribution in [-0.4, -0.2) is 34.6 Å². The Labute approximate surface area is 210 Å². The molecule has 1 aliphatic heterocycles. The second-order valence-corrected chi connectivity index (χ2v) is 9.47. The summed E-state index contributed by atoms with van der Waals surface area (Å²) >= 11 is 0. The van der Waals surface area contributed by atoms with Gasteiger partial charge < -0.3 is 16.0 Å². The average Bonchev–Trinajstić information content (AvgIpc) is 3.45. The van der Waals surface area contributed by atoms with Gasteiger partial charge in [0.05, 0.1) is 17.8 Å². The Balaban J connectivity index is 1.38. The number of H-pyrrole nitrogens is 1. The number of fused-ring (bicyclic) bond motifs is 1. The maximum Gasteiger partial charge on any atom is 0.252 e. The average molecular weight is 482 g/mol. The molecule has 2 atom stereocenters. The SMILES string of the molecule is Cc1ccc(NC(=O)[C@H]2CCCCN2)cc1C(=O)NC(C)c1cc(-c2ccn[nH]2)cc2ccccc12. The number of aromatic amines is 1. The molecule has 4 aromatic rings. The molecule has 1 fully saturated rings. The molecule has 4 N–H and O–H groups in total. The van der Waals surface area contributed by atoms with E-state index in [-0.39, 0.29) is 23.9 Å². The molecule has 0 bridgehead atoms. The lowest BCUT2D eigenvalue weighted by Crippen LogP contribution is -2.43. The predicted octanol–water partition coefficient (Wildman–Crippen LogP) is 5.11. The molecule has 2 amide bonds. The van der Waals surface area contributed by atoms with Crippen molar-refractivity contribution < 1.29 is 9.59 Å². The number of piperidine rings is 1. The van der Waals surface area contributed by atoms with Gasteiger partial charge in [0.15, 0.2) is 0 Å². The van der Waals surface area contributed by atoms with E-state index in [1.807, 2.05) is 44.2 Å². The number of hydrogen-bond acceptors (Lipinski definition) is 4. The molecule has 1 unspecified atom stereocenters. The molecule has 7 heteroatoms. The lowest BCUT2D eigenvalue weighted by atomic mass is 9.95. The van der Waals surface area contributed by atoms with Gasteiger partial charge in [-0.15, -0.1) is 0 Å². The van der Waals surface area contributed by atoms with E-state index in [9.17, 15) is 9.59 Å². The first-order valence-electron chi connectivity index (χ1n) is 12.5. The van der Waals surface area contributed by atoms with E-state index in [4.69, 9.17) is 0 Å². The Morgan fingerprint density at radius 2 is 1.92 bits per heavy atom. The molecule has 1 saturated heterocycles. The fourth-order valence-electron chi connectivity index (χ4n) is 4.87. The summed E-state index contributed by atoms with van der Waals surface area (Å²) in [5.41, 5.74) is 4.99. The molecule has 0 radical (unpaired) electrons. The first-order chi connectivity index (χ1) is 17.5. The zero-order chi connectivity index (χ0) is 25.1. The van der Waals surface area contributed by atoms with E-state index in [0.29, 0.717) is 11.3 Å². The zero-order valence-corrected chi connectivity index (χ0v) is 20.6. The number of amides is 2. The van der Waals surface area contributed by atoms with Gasteiger partial charge in [-0.2, -0.15) is 5.10 Å². The Morgan fingerprint density at radius 1 is 1.06 bits per heavy atom. The minimum absolute atomic E-state index is 0.0552. The van der Waals surface area contributed by atoms with Gasteiger partial charge in [0.2, 0.25) is 5.91 Å². The van der Waals surface area contributed by atoms with Crippen LogP contribution in [0.15, 0.2) is 66.9 Å². The largest absolute Gasteiger partial charge is 0.345 e. The highest BCUT2D eigenvalue weighted by molar-refractivity contribution is 6.00. The van der Waals surface area contributed by atoms with Crippen LogP contribution in [0.25, 0.3) is 22.0 Å². The molecular weight excluding hydrogens is 450 g/mol. The number of rotatable bonds is 6. The molecule has 5 rings (SSSR count). The van der Waals surface area contributed by atoms with Crippen molar-refractivity contribution in [3.8, 4) is 11.3 Å². The van der Waals surface area contributed by atoms with Gasteiger partial charge in [-0.25, -0.2) is 0 Å². The first kappa shape index (κ1) is 23.8. The molecule has 3 aromatic carbocycles. The van der Waals surface area contributed by atoms with E-state index in [1.165, 1.54) is 0 Å². The van der Waals surface area contributed by atoms with E-state index in [0.717, 1.165) is 59.0 Å². The van der Waals surface area contributed by atoms with Crippen molar-refractivity contribution >= 4 is 28.3 Å². The van der Waals surface area contributed by atoms with Gasteiger partial charge in [0.25, 0.3) is 5.91 Å². The third-order valence-electron chi connectivity index (χ3n) is 6.90. The third kappa shape index (κ3) is 5.02. The molecule has 0 aliphatic carbocycles. The van der Waals surface area contributed by atoms with Crippen LogP contribution in [0.2, 0.25) is 0 Å². The smallest absolute Gasteiger partial charge is 0.252 e. The number of nitrogens with one attached hydrogen (secondary N) is 4. The van der Waals surface area contributed by atoms with E-state index >= 15 is 0 Å². The molecule has 36 heavy (non-hydrogen) atoms. The van der Waals surface area contributed by atoms with Gasteiger partial charge in [-0.05, 0) is 85.5 Å². The monoisotopic (exact) mass is 481 g/mol. The number of benzene rings is 3. The van der Waals surface area contributed by atoms with Crippen LogP contribution in [0, 0.1) is 6.92 Å². The van der Waals surface area contributed by atoms with E-state index < -0.39 is 0 Å². The summed E-state index contributed by atoms with van der Waals surface area (Å²) < 4.78 is 0. The summed E-state index contributed by atoms with van der Waals surface area (Å²) in [6.07, 6.45) is 4.69. The summed E-state index contributed by atoms with van der Waals surface area (Å²) in [5, 5.41) is 18.7. The van der Waals surface area contributed by atoms with Crippen LogP contribution in [0.3, 0.4) is 0 Å². The minimum Gasteiger partial charge on any atom is -0.345 e. The Hall–Kier alpha value is -3.97. The minimum atomic E-state index is -0.241. The summed E-state index contributed by atoms with van der Waals surface area (Å²) in [6.45, 7) is 4.75. The Bertz CT molecular complexity index is 1390. The normalized spacial score (nSPS) is 16.4.